The quantitative estimate of drug-likeness (QED) is 0.399. The largest absolute Gasteiger partial charge is 0.490 e. The number of esters is 1. The van der Waals surface area contributed by atoms with Crippen molar-refractivity contribution < 1.29 is 19.0 Å². The minimum Gasteiger partial charge on any atom is -0.490 e. The fraction of sp³-hybridized carbons (Fsp3) is 0.450. The van der Waals surface area contributed by atoms with E-state index in [2.05, 4.69) is 4.98 Å². The maximum Gasteiger partial charge on any atom is 0.343 e. The van der Waals surface area contributed by atoms with E-state index in [1.54, 1.807) is 21.0 Å². The van der Waals surface area contributed by atoms with Gasteiger partial charge in [0.2, 0.25) is 0 Å². The monoisotopic (exact) mass is 406 g/mol. The molecule has 0 amide bonds. The summed E-state index contributed by atoms with van der Waals surface area (Å²) in [6.45, 7) is 5.37. The molecule has 0 spiro atoms. The molecule has 150 valence electrons. The number of hydrogen-bond acceptors (Lipinski definition) is 6. The number of nitrogens with zero attached hydrogens (tertiary/aromatic N) is 2. The lowest BCUT2D eigenvalue weighted by Gasteiger charge is -2.25. The van der Waals surface area contributed by atoms with Gasteiger partial charge in [0.15, 0.2) is 16.3 Å². The summed E-state index contributed by atoms with van der Waals surface area (Å²) in [5, 5.41) is 0.240. The molecule has 3 rings (SSSR count). The van der Waals surface area contributed by atoms with Gasteiger partial charge in [-0.05, 0) is 31.9 Å². The number of aromatic nitrogens is 2. The molecule has 8 heteroatoms. The van der Waals surface area contributed by atoms with E-state index in [0.29, 0.717) is 49.0 Å². The van der Waals surface area contributed by atoms with Crippen molar-refractivity contribution in [1.29, 1.82) is 0 Å². The smallest absolute Gasteiger partial charge is 0.343 e. The minimum atomic E-state index is -0.600. The molecule has 0 atom stereocenters. The Morgan fingerprint density at radius 3 is 2.82 bits per heavy atom. The third-order valence-corrected chi connectivity index (χ3v) is 4.94. The van der Waals surface area contributed by atoms with Crippen LogP contribution in [0, 0.1) is 6.92 Å². The van der Waals surface area contributed by atoms with Crippen molar-refractivity contribution >= 4 is 17.6 Å². The number of fused-ring (bicyclic) bond motifs is 3. The average Bonchev–Trinajstić information content (AvgIpc) is 2.66. The van der Waals surface area contributed by atoms with Crippen LogP contribution in [0.3, 0.4) is 0 Å². The van der Waals surface area contributed by atoms with Gasteiger partial charge < -0.3 is 18.8 Å². The van der Waals surface area contributed by atoms with Crippen LogP contribution in [0.25, 0.3) is 11.4 Å². The van der Waals surface area contributed by atoms with Gasteiger partial charge in [-0.3, -0.25) is 4.79 Å². The van der Waals surface area contributed by atoms with Gasteiger partial charge in [-0.1, -0.05) is 11.6 Å². The molecule has 0 fully saturated rings. The highest BCUT2D eigenvalue weighted by atomic mass is 35.5. The third kappa shape index (κ3) is 3.91. The first-order valence-electron chi connectivity index (χ1n) is 9.21. The summed E-state index contributed by atoms with van der Waals surface area (Å²) in [5.74, 6) is -0.0796. The standard InChI is InChI=1S/C20H23ClN2O5/c1-4-27-20(25)17-12(2)23-7-6-13-10-16(28-9-5-8-26-3)19(21)22-18(13)14(23)11-15(17)24/h10-11H,4-9H2,1-3H3. The molecule has 1 aliphatic heterocycles. The zero-order valence-corrected chi connectivity index (χ0v) is 17.0. The molecule has 0 unspecified atom stereocenters. The first kappa shape index (κ1) is 20.4. The maximum atomic E-state index is 12.6. The molecule has 2 aromatic heterocycles. The van der Waals surface area contributed by atoms with Crippen molar-refractivity contribution in [1.82, 2.24) is 9.55 Å². The highest BCUT2D eigenvalue weighted by Crippen LogP contribution is 2.34. The highest BCUT2D eigenvalue weighted by Gasteiger charge is 2.25. The van der Waals surface area contributed by atoms with E-state index < -0.39 is 5.97 Å². The number of pyridine rings is 2. The van der Waals surface area contributed by atoms with Gasteiger partial charge in [0.1, 0.15) is 5.56 Å². The number of ether oxygens (including phenoxy) is 3. The van der Waals surface area contributed by atoms with Crippen LogP contribution in [-0.4, -0.2) is 42.5 Å². The van der Waals surface area contributed by atoms with E-state index in [-0.39, 0.29) is 22.8 Å². The van der Waals surface area contributed by atoms with Crippen LogP contribution in [0.1, 0.15) is 35.0 Å². The summed E-state index contributed by atoms with van der Waals surface area (Å²) in [6.07, 6.45) is 1.44. The van der Waals surface area contributed by atoms with Gasteiger partial charge in [-0.2, -0.15) is 0 Å². The summed E-state index contributed by atoms with van der Waals surface area (Å²) in [5.41, 5.74) is 2.49. The number of halogens is 1. The van der Waals surface area contributed by atoms with Crippen molar-refractivity contribution in [2.24, 2.45) is 0 Å². The van der Waals surface area contributed by atoms with E-state index in [1.165, 1.54) is 6.07 Å². The van der Waals surface area contributed by atoms with Crippen LogP contribution in [0.2, 0.25) is 5.15 Å². The molecular weight excluding hydrogens is 384 g/mol. The van der Waals surface area contributed by atoms with Gasteiger partial charge in [0, 0.05) is 38.4 Å². The van der Waals surface area contributed by atoms with Gasteiger partial charge in [-0.15, -0.1) is 0 Å². The lowest BCUT2D eigenvalue weighted by Crippen LogP contribution is -2.27. The predicted octanol–water partition coefficient (Wildman–Crippen LogP) is 3.02. The Bertz CT molecular complexity index is 955. The fourth-order valence-electron chi connectivity index (χ4n) is 3.35. The van der Waals surface area contributed by atoms with Crippen molar-refractivity contribution in [2.75, 3.05) is 26.9 Å². The Balaban J connectivity index is 1.99. The lowest BCUT2D eigenvalue weighted by molar-refractivity contribution is 0.0522. The lowest BCUT2D eigenvalue weighted by atomic mass is 10.00. The zero-order valence-electron chi connectivity index (χ0n) is 16.2. The molecule has 2 aromatic rings. The summed E-state index contributed by atoms with van der Waals surface area (Å²) in [4.78, 5) is 29.2. The van der Waals surface area contributed by atoms with Crippen LogP contribution in [0.15, 0.2) is 16.9 Å². The minimum absolute atomic E-state index is 0.0678. The third-order valence-electron chi connectivity index (χ3n) is 4.67. The summed E-state index contributed by atoms with van der Waals surface area (Å²) in [6, 6.07) is 3.31. The normalized spacial score (nSPS) is 12.3. The summed E-state index contributed by atoms with van der Waals surface area (Å²) in [7, 11) is 1.64. The second kappa shape index (κ2) is 8.75. The van der Waals surface area contributed by atoms with Crippen LogP contribution < -0.4 is 10.2 Å². The average molecular weight is 407 g/mol. The molecule has 7 nitrogen and oxygen atoms in total. The van der Waals surface area contributed by atoms with Crippen molar-refractivity contribution in [3.63, 3.8) is 0 Å². The SMILES string of the molecule is CCOC(=O)c1c(C)n2c(cc1=O)-c1nc(Cl)c(OCCCOC)cc1CC2. The molecule has 0 N–H and O–H groups in total. The Labute approximate surface area is 168 Å². The van der Waals surface area contributed by atoms with Gasteiger partial charge in [-0.25, -0.2) is 9.78 Å². The van der Waals surface area contributed by atoms with E-state index in [9.17, 15) is 9.59 Å². The molecule has 28 heavy (non-hydrogen) atoms. The molecule has 0 saturated heterocycles. The number of methoxy groups -OCH3 is 1. The molecule has 0 bridgehead atoms. The molecule has 0 saturated carbocycles. The molecule has 0 aromatic carbocycles. The Morgan fingerprint density at radius 1 is 1.32 bits per heavy atom. The Hall–Kier alpha value is -2.38. The van der Waals surface area contributed by atoms with E-state index in [1.807, 2.05) is 10.6 Å². The van der Waals surface area contributed by atoms with Crippen LogP contribution in [-0.2, 0) is 22.4 Å². The molecule has 0 radical (unpaired) electrons. The number of aryl methyl sites for hydroxylation is 1. The molecule has 3 heterocycles. The second-order valence-electron chi connectivity index (χ2n) is 6.46. The highest BCUT2D eigenvalue weighted by molar-refractivity contribution is 6.31. The van der Waals surface area contributed by atoms with Gasteiger partial charge in [0.25, 0.3) is 0 Å². The fourth-order valence-corrected chi connectivity index (χ4v) is 3.54. The van der Waals surface area contributed by atoms with Crippen molar-refractivity contribution in [3.8, 4) is 17.1 Å². The Kier molecular flexibility index (Phi) is 6.36. The van der Waals surface area contributed by atoms with E-state index >= 15 is 0 Å². The van der Waals surface area contributed by atoms with Crippen molar-refractivity contribution in [3.05, 3.63) is 44.3 Å². The van der Waals surface area contributed by atoms with Crippen LogP contribution in [0.5, 0.6) is 5.75 Å². The van der Waals surface area contributed by atoms with Gasteiger partial charge >= 0.3 is 5.97 Å². The summed E-state index contributed by atoms with van der Waals surface area (Å²) >= 11 is 6.31. The number of carbonyl (C=O) groups is 1. The number of rotatable bonds is 7. The van der Waals surface area contributed by atoms with Gasteiger partial charge in [0.05, 0.1) is 24.6 Å². The molecule has 0 aliphatic carbocycles. The topological polar surface area (TPSA) is 79.7 Å². The second-order valence-corrected chi connectivity index (χ2v) is 6.81. The maximum absolute atomic E-state index is 12.6. The van der Waals surface area contributed by atoms with Crippen LogP contribution in [0.4, 0.5) is 0 Å². The molecular formula is C20H23ClN2O5. The predicted molar refractivity (Wildman–Crippen MR) is 105 cm³/mol. The number of hydrogen-bond donors (Lipinski definition) is 0. The van der Waals surface area contributed by atoms with E-state index in [0.717, 1.165) is 12.0 Å². The first-order valence-corrected chi connectivity index (χ1v) is 9.58. The van der Waals surface area contributed by atoms with Crippen molar-refractivity contribution in [2.45, 2.75) is 33.2 Å². The number of carbonyl (C=O) groups excluding carboxylic acids is 1. The zero-order chi connectivity index (χ0) is 20.3. The van der Waals surface area contributed by atoms with E-state index in [4.69, 9.17) is 25.8 Å². The molecule has 1 aliphatic rings. The van der Waals surface area contributed by atoms with Crippen LogP contribution >= 0.6 is 11.6 Å². The Morgan fingerprint density at radius 2 is 2.11 bits per heavy atom. The summed E-state index contributed by atoms with van der Waals surface area (Å²) < 4.78 is 17.7. The first-order chi connectivity index (χ1) is 13.5.